The highest BCUT2D eigenvalue weighted by molar-refractivity contribution is 9.40. The van der Waals surface area contributed by atoms with Crippen LogP contribution in [0, 0.1) is 0 Å². The minimum Gasteiger partial charge on any atom is -0.348 e. The average molecular weight is 728 g/mol. The van der Waals surface area contributed by atoms with Crippen LogP contribution in [-0.2, 0) is 9.59 Å². The number of nitrogens with one attached hydrogen (secondary N) is 2. The number of alkyl halides is 6. The second-order valence-corrected chi connectivity index (χ2v) is 20.3. The largest absolute Gasteiger partial charge is 0.348 e. The Morgan fingerprint density at radius 2 is 1.08 bits per heavy atom. The maximum absolute atomic E-state index is 12.4. The monoisotopic (exact) mass is 722 g/mol. The van der Waals surface area contributed by atoms with Crippen molar-refractivity contribution >= 4 is 107 Å². The highest BCUT2D eigenvalue weighted by Gasteiger charge is 2.43. The molecule has 2 N–H and O–H groups in total. The van der Waals surface area contributed by atoms with Gasteiger partial charge < -0.3 is 10.6 Å². The molecular weight excluding hydrogens is 708 g/mol. The van der Waals surface area contributed by atoms with Crippen molar-refractivity contribution < 1.29 is 9.59 Å². The van der Waals surface area contributed by atoms with E-state index in [1.807, 2.05) is 13.8 Å². The van der Waals surface area contributed by atoms with Crippen LogP contribution in [0.2, 0.25) is 0 Å². The van der Waals surface area contributed by atoms with Crippen LogP contribution >= 0.6 is 95.6 Å². The second kappa shape index (κ2) is 8.88. The van der Waals surface area contributed by atoms with Crippen molar-refractivity contribution in [2.75, 3.05) is 0 Å². The summed E-state index contributed by atoms with van der Waals surface area (Å²) in [6, 6.07) is 0. The van der Waals surface area contributed by atoms with E-state index in [-0.39, 0.29) is 11.8 Å². The Morgan fingerprint density at radius 1 is 0.750 bits per heavy atom. The molecule has 0 aromatic rings. The first-order chi connectivity index (χ1) is 10.7. The van der Waals surface area contributed by atoms with Gasteiger partial charge in [0, 0.05) is 11.1 Å². The topological polar surface area (TPSA) is 58.2 Å². The van der Waals surface area contributed by atoms with Gasteiger partial charge in [-0.15, -0.1) is 0 Å². The molecule has 0 spiro atoms. The lowest BCUT2D eigenvalue weighted by Gasteiger charge is -2.43. The predicted octanol–water partition coefficient (Wildman–Crippen LogP) is 5.77. The molecule has 2 unspecified atom stereocenters. The summed E-state index contributed by atoms with van der Waals surface area (Å²) in [5.74, 6) is -0.398. The Bertz CT molecular complexity index is 449. The lowest BCUT2D eigenvalue weighted by molar-refractivity contribution is -0.122. The molecule has 10 heteroatoms. The van der Waals surface area contributed by atoms with Gasteiger partial charge in [-0.1, -0.05) is 19.3 Å². The zero-order valence-electron chi connectivity index (χ0n) is 13.3. The first kappa shape index (κ1) is 23.9. The van der Waals surface area contributed by atoms with Crippen molar-refractivity contribution in [1.82, 2.24) is 10.6 Å². The van der Waals surface area contributed by atoms with Crippen LogP contribution in [0.1, 0.15) is 52.4 Å². The molecule has 1 fully saturated rings. The van der Waals surface area contributed by atoms with Gasteiger partial charge in [0.25, 0.3) is 11.8 Å². The molecule has 2 amide bonds. The van der Waals surface area contributed by atoms with Crippen LogP contribution in [0.15, 0.2) is 0 Å². The molecule has 1 rings (SSSR count). The molecular formula is C14H20Br6N2O2. The summed E-state index contributed by atoms with van der Waals surface area (Å²) in [6.45, 7) is 4.06. The van der Waals surface area contributed by atoms with Gasteiger partial charge >= 0.3 is 0 Å². The van der Waals surface area contributed by atoms with Gasteiger partial charge in [-0.25, -0.2) is 0 Å². The van der Waals surface area contributed by atoms with E-state index in [0.717, 1.165) is 32.1 Å². The fraction of sp³-hybridized carbons (Fsp3) is 0.857. The Morgan fingerprint density at radius 3 is 1.38 bits per heavy atom. The maximum atomic E-state index is 12.4. The summed E-state index contributed by atoms with van der Waals surface area (Å²) < 4.78 is -1.98. The number of hydrogen-bond donors (Lipinski definition) is 2. The van der Waals surface area contributed by atoms with Crippen molar-refractivity contribution in [2.24, 2.45) is 0 Å². The Labute approximate surface area is 193 Å². The quantitative estimate of drug-likeness (QED) is 0.356. The average Bonchev–Trinajstić information content (AvgIpc) is 2.33. The molecule has 4 nitrogen and oxygen atoms in total. The van der Waals surface area contributed by atoms with Crippen LogP contribution in [0.5, 0.6) is 0 Å². The zero-order chi connectivity index (χ0) is 18.8. The number of rotatable bonds is 2. The van der Waals surface area contributed by atoms with Gasteiger partial charge in [-0.2, -0.15) is 0 Å². The molecule has 1 aliphatic carbocycles. The normalized spacial score (nSPS) is 29.3. The summed E-state index contributed by atoms with van der Waals surface area (Å²) >= 11 is 19.5. The van der Waals surface area contributed by atoms with Crippen molar-refractivity contribution in [3.8, 4) is 0 Å². The smallest absolute Gasteiger partial charge is 0.259 e. The fourth-order valence-electron chi connectivity index (χ4n) is 3.15. The van der Waals surface area contributed by atoms with Crippen molar-refractivity contribution in [1.29, 1.82) is 0 Å². The van der Waals surface area contributed by atoms with Gasteiger partial charge in [0.15, 0.2) is 0 Å². The summed E-state index contributed by atoms with van der Waals surface area (Å²) in [4.78, 5) is 24.7. The molecule has 0 heterocycles. The van der Waals surface area contributed by atoms with E-state index >= 15 is 0 Å². The van der Waals surface area contributed by atoms with Crippen molar-refractivity contribution in [3.05, 3.63) is 0 Å². The van der Waals surface area contributed by atoms with Crippen LogP contribution in [0.25, 0.3) is 0 Å². The standard InChI is InChI=1S/C14H20Br6N2O2/c1-11(21-9(23)13(15,16)17)6-4-3-5-7-12(2,8-11)22-10(24)14(18,19)20/h3-8H2,1-2H3,(H,21,23)(H,22,24). The molecule has 0 radical (unpaired) electrons. The molecule has 0 saturated heterocycles. The molecule has 0 aromatic carbocycles. The summed E-state index contributed by atoms with van der Waals surface area (Å²) in [6.07, 6.45) is 5.51. The third kappa shape index (κ3) is 7.82. The molecule has 1 aliphatic rings. The first-order valence-corrected chi connectivity index (χ1v) is 12.2. The van der Waals surface area contributed by atoms with E-state index in [1.54, 1.807) is 0 Å². The van der Waals surface area contributed by atoms with Crippen molar-refractivity contribution in [3.63, 3.8) is 0 Å². The second-order valence-electron chi connectivity index (χ2n) is 6.76. The van der Waals surface area contributed by atoms with Gasteiger partial charge in [-0.05, 0) is 129 Å². The molecule has 0 aliphatic heterocycles. The zero-order valence-corrected chi connectivity index (χ0v) is 22.8. The Kier molecular flexibility index (Phi) is 8.83. The van der Waals surface area contributed by atoms with Crippen molar-refractivity contribution in [2.45, 2.75) is 67.7 Å². The lowest BCUT2D eigenvalue weighted by atomic mass is 9.76. The predicted molar refractivity (Wildman–Crippen MR) is 120 cm³/mol. The van der Waals surface area contributed by atoms with E-state index < -0.39 is 15.4 Å². The van der Waals surface area contributed by atoms with Crippen LogP contribution < -0.4 is 10.6 Å². The van der Waals surface area contributed by atoms with E-state index in [9.17, 15) is 9.59 Å². The third-order valence-corrected chi connectivity index (χ3v) is 6.24. The molecule has 0 aromatic heterocycles. The summed E-state index contributed by atoms with van der Waals surface area (Å²) in [5, 5.41) is 6.21. The first-order valence-electron chi connectivity index (χ1n) is 7.46. The van der Waals surface area contributed by atoms with E-state index in [1.165, 1.54) is 0 Å². The molecule has 0 bridgehead atoms. The number of hydrogen-bond acceptors (Lipinski definition) is 2. The SMILES string of the molecule is CC1(NC(=O)C(Br)(Br)Br)CCCCCC(C)(NC(=O)C(Br)(Br)Br)C1. The third-order valence-electron chi connectivity index (χ3n) is 4.08. The van der Waals surface area contributed by atoms with E-state index in [0.29, 0.717) is 6.42 Å². The van der Waals surface area contributed by atoms with E-state index in [2.05, 4.69) is 106 Å². The number of carbonyl (C=O) groups excluding carboxylic acids is 2. The maximum Gasteiger partial charge on any atom is 0.259 e. The van der Waals surface area contributed by atoms with Gasteiger partial charge in [0.05, 0.1) is 0 Å². The van der Waals surface area contributed by atoms with Crippen LogP contribution in [0.3, 0.4) is 0 Å². The Hall–Kier alpha value is 1.82. The molecule has 2 atom stereocenters. The van der Waals surface area contributed by atoms with Gasteiger partial charge in [0.2, 0.25) is 4.29 Å². The molecule has 1 saturated carbocycles. The van der Waals surface area contributed by atoms with Gasteiger partial charge in [0.1, 0.15) is 0 Å². The highest BCUT2D eigenvalue weighted by atomic mass is 80.0. The number of carbonyl (C=O) groups is 2. The van der Waals surface area contributed by atoms with Gasteiger partial charge in [-0.3, -0.25) is 9.59 Å². The minimum absolute atomic E-state index is 0.199. The lowest BCUT2D eigenvalue weighted by Crippen LogP contribution is -2.59. The fourth-order valence-corrected chi connectivity index (χ4v) is 3.74. The number of halogens is 6. The minimum atomic E-state index is -0.991. The highest BCUT2D eigenvalue weighted by Crippen LogP contribution is 2.39. The summed E-state index contributed by atoms with van der Waals surface area (Å²) in [5.41, 5.74) is -0.846. The molecule has 140 valence electrons. The van der Waals surface area contributed by atoms with Crippen LogP contribution in [0.4, 0.5) is 0 Å². The van der Waals surface area contributed by atoms with E-state index in [4.69, 9.17) is 0 Å². The molecule has 24 heavy (non-hydrogen) atoms. The summed E-state index contributed by atoms with van der Waals surface area (Å²) in [7, 11) is 0. The number of amides is 2. The van der Waals surface area contributed by atoms with Crippen LogP contribution in [-0.4, -0.2) is 27.2 Å². The Balaban J connectivity index is 2.97.